The Morgan fingerprint density at radius 3 is 2.53 bits per heavy atom. The predicted molar refractivity (Wildman–Crippen MR) is 128 cm³/mol. The summed E-state index contributed by atoms with van der Waals surface area (Å²) in [7, 11) is -3.29. The average molecular weight is 486 g/mol. The quantitative estimate of drug-likeness (QED) is 0.390. The van der Waals surface area contributed by atoms with Crippen LogP contribution in [0.4, 0.5) is 5.13 Å². The lowest BCUT2D eigenvalue weighted by molar-refractivity contribution is -0.118. The fourth-order valence-electron chi connectivity index (χ4n) is 3.32. The van der Waals surface area contributed by atoms with Gasteiger partial charge in [-0.25, -0.2) is 13.4 Å². The van der Waals surface area contributed by atoms with E-state index in [0.29, 0.717) is 16.7 Å². The summed E-state index contributed by atoms with van der Waals surface area (Å²) >= 11 is 7.61. The molecule has 9 heteroatoms. The van der Waals surface area contributed by atoms with E-state index in [4.69, 9.17) is 16.6 Å². The number of pyridine rings is 1. The summed E-state index contributed by atoms with van der Waals surface area (Å²) in [5.74, 6) is -0.149. The number of hydrogen-bond acceptors (Lipinski definition) is 6. The van der Waals surface area contributed by atoms with E-state index in [1.807, 2.05) is 31.2 Å². The van der Waals surface area contributed by atoms with Gasteiger partial charge in [-0.05, 0) is 53.9 Å². The average Bonchev–Trinajstić information content (AvgIpc) is 3.16. The molecule has 0 bridgehead atoms. The summed E-state index contributed by atoms with van der Waals surface area (Å²) in [4.78, 5) is 24.1. The van der Waals surface area contributed by atoms with E-state index in [9.17, 15) is 13.2 Å². The van der Waals surface area contributed by atoms with Crippen molar-refractivity contribution in [1.82, 2.24) is 9.97 Å². The summed E-state index contributed by atoms with van der Waals surface area (Å²) in [5.41, 5.74) is 3.36. The first-order valence-corrected chi connectivity index (χ1v) is 12.8. The van der Waals surface area contributed by atoms with Gasteiger partial charge in [0.15, 0.2) is 15.0 Å². The zero-order valence-corrected chi connectivity index (χ0v) is 19.8. The van der Waals surface area contributed by atoms with Crippen molar-refractivity contribution in [3.63, 3.8) is 0 Å². The van der Waals surface area contributed by atoms with Crippen LogP contribution in [-0.4, -0.2) is 30.5 Å². The van der Waals surface area contributed by atoms with Gasteiger partial charge in [0.25, 0.3) is 0 Å². The molecule has 0 spiro atoms. The number of halogens is 1. The van der Waals surface area contributed by atoms with Crippen LogP contribution in [0.3, 0.4) is 0 Å². The SMILES string of the molecule is Cc1cc(Cl)cc2sc(N(Cc3cccnc3)C(=O)Cc3ccc(S(C)(=O)=O)cc3)nc12. The van der Waals surface area contributed by atoms with Crippen molar-refractivity contribution in [3.8, 4) is 0 Å². The number of thiazole rings is 1. The van der Waals surface area contributed by atoms with Crippen LogP contribution in [0, 0.1) is 6.92 Å². The van der Waals surface area contributed by atoms with Gasteiger partial charge >= 0.3 is 0 Å². The highest BCUT2D eigenvalue weighted by Crippen LogP contribution is 2.34. The topological polar surface area (TPSA) is 80.2 Å². The molecule has 1 amide bonds. The smallest absolute Gasteiger partial charge is 0.233 e. The molecule has 4 rings (SSSR count). The summed E-state index contributed by atoms with van der Waals surface area (Å²) in [6.45, 7) is 2.26. The fourth-order valence-corrected chi connectivity index (χ4v) is 5.39. The minimum Gasteiger partial charge on any atom is -0.283 e. The molecule has 6 nitrogen and oxygen atoms in total. The Morgan fingerprint density at radius 2 is 1.88 bits per heavy atom. The molecule has 2 aromatic heterocycles. The molecule has 0 fully saturated rings. The monoisotopic (exact) mass is 485 g/mol. The summed E-state index contributed by atoms with van der Waals surface area (Å²) in [6, 6.07) is 13.8. The maximum absolute atomic E-state index is 13.4. The molecule has 0 radical (unpaired) electrons. The van der Waals surface area contributed by atoms with E-state index in [0.717, 1.165) is 33.2 Å². The molecule has 4 aromatic rings. The Labute approximate surface area is 195 Å². The van der Waals surface area contributed by atoms with Crippen LogP contribution < -0.4 is 4.90 Å². The largest absolute Gasteiger partial charge is 0.283 e. The first-order chi connectivity index (χ1) is 15.2. The van der Waals surface area contributed by atoms with Crippen molar-refractivity contribution >= 4 is 54.0 Å². The number of aryl methyl sites for hydroxylation is 1. The third-order valence-corrected chi connectivity index (χ3v) is 7.31. The van der Waals surface area contributed by atoms with Gasteiger partial charge in [0, 0.05) is 23.7 Å². The Morgan fingerprint density at radius 1 is 1.12 bits per heavy atom. The van der Waals surface area contributed by atoms with Gasteiger partial charge in [-0.15, -0.1) is 0 Å². The molecule has 0 aliphatic rings. The van der Waals surface area contributed by atoms with Crippen LogP contribution in [0.5, 0.6) is 0 Å². The van der Waals surface area contributed by atoms with Gasteiger partial charge in [-0.1, -0.05) is 41.1 Å². The molecule has 0 atom stereocenters. The highest BCUT2D eigenvalue weighted by molar-refractivity contribution is 7.90. The number of amides is 1. The Bertz CT molecular complexity index is 1390. The number of fused-ring (bicyclic) bond motifs is 1. The van der Waals surface area contributed by atoms with Crippen molar-refractivity contribution in [2.24, 2.45) is 0 Å². The maximum Gasteiger partial charge on any atom is 0.233 e. The van der Waals surface area contributed by atoms with E-state index < -0.39 is 9.84 Å². The highest BCUT2D eigenvalue weighted by Gasteiger charge is 2.22. The molecule has 0 aliphatic heterocycles. The molecule has 0 saturated carbocycles. The second kappa shape index (κ2) is 8.97. The first kappa shape index (κ1) is 22.4. The van der Waals surface area contributed by atoms with Gasteiger partial charge in [-0.2, -0.15) is 0 Å². The zero-order valence-electron chi connectivity index (χ0n) is 17.4. The van der Waals surface area contributed by atoms with Crippen LogP contribution >= 0.6 is 22.9 Å². The van der Waals surface area contributed by atoms with Crippen LogP contribution in [0.1, 0.15) is 16.7 Å². The van der Waals surface area contributed by atoms with E-state index in [-0.39, 0.29) is 17.2 Å². The first-order valence-electron chi connectivity index (χ1n) is 9.75. The molecular weight excluding hydrogens is 466 g/mol. The number of hydrogen-bond donors (Lipinski definition) is 0. The number of anilines is 1. The van der Waals surface area contributed by atoms with Crippen molar-refractivity contribution in [2.45, 2.75) is 24.8 Å². The van der Waals surface area contributed by atoms with Crippen LogP contribution in [0.25, 0.3) is 10.2 Å². The number of aromatic nitrogens is 2. The number of carbonyl (C=O) groups excluding carboxylic acids is 1. The molecule has 32 heavy (non-hydrogen) atoms. The van der Waals surface area contributed by atoms with Crippen LogP contribution in [0.2, 0.25) is 5.02 Å². The van der Waals surface area contributed by atoms with E-state index >= 15 is 0 Å². The lowest BCUT2D eigenvalue weighted by Gasteiger charge is -2.20. The van der Waals surface area contributed by atoms with E-state index in [1.54, 1.807) is 29.4 Å². The number of carbonyl (C=O) groups is 1. The van der Waals surface area contributed by atoms with Gasteiger partial charge in [0.2, 0.25) is 5.91 Å². The summed E-state index contributed by atoms with van der Waals surface area (Å²) in [5, 5.41) is 1.20. The molecule has 0 saturated heterocycles. The number of rotatable bonds is 6. The number of sulfone groups is 1. The maximum atomic E-state index is 13.4. The van der Waals surface area contributed by atoms with E-state index in [1.165, 1.54) is 23.5 Å². The van der Waals surface area contributed by atoms with Crippen LogP contribution in [0.15, 0.2) is 65.8 Å². The van der Waals surface area contributed by atoms with Crippen molar-refractivity contribution in [1.29, 1.82) is 0 Å². The molecular formula is C23H20ClN3O3S2. The normalized spacial score (nSPS) is 11.6. The van der Waals surface area contributed by atoms with Gasteiger partial charge in [0.05, 0.1) is 28.1 Å². The Kier molecular flexibility index (Phi) is 6.28. The third kappa shape index (κ3) is 4.98. The number of nitrogens with zero attached hydrogens (tertiary/aromatic N) is 3. The van der Waals surface area contributed by atoms with E-state index in [2.05, 4.69) is 4.98 Å². The van der Waals surface area contributed by atoms with Crippen molar-refractivity contribution in [3.05, 3.63) is 82.6 Å². The zero-order chi connectivity index (χ0) is 22.9. The van der Waals surface area contributed by atoms with Gasteiger partial charge < -0.3 is 0 Å². The minimum atomic E-state index is -3.29. The molecule has 0 aliphatic carbocycles. The summed E-state index contributed by atoms with van der Waals surface area (Å²) < 4.78 is 24.3. The van der Waals surface area contributed by atoms with Crippen LogP contribution in [-0.2, 0) is 27.6 Å². The predicted octanol–water partition coefficient (Wildman–Crippen LogP) is 4.83. The van der Waals surface area contributed by atoms with Crippen molar-refractivity contribution < 1.29 is 13.2 Å². The molecule has 2 aromatic carbocycles. The molecule has 164 valence electrons. The highest BCUT2D eigenvalue weighted by atomic mass is 35.5. The number of benzene rings is 2. The minimum absolute atomic E-state index is 0.111. The second-order valence-corrected chi connectivity index (χ2v) is 11.0. The second-order valence-electron chi connectivity index (χ2n) is 7.50. The lowest BCUT2D eigenvalue weighted by atomic mass is 10.1. The molecule has 0 unspecified atom stereocenters. The standard InChI is InChI=1S/C23H20ClN3O3S2/c1-15-10-18(24)12-20-22(15)26-23(31-20)27(14-17-4-3-9-25-13-17)21(28)11-16-5-7-19(8-6-16)32(2,29)30/h3-10,12-13H,11,14H2,1-2H3. The lowest BCUT2D eigenvalue weighted by Crippen LogP contribution is -2.31. The van der Waals surface area contributed by atoms with Gasteiger partial charge in [0.1, 0.15) is 0 Å². The molecule has 0 N–H and O–H groups in total. The Hall–Kier alpha value is -2.81. The molecule has 2 heterocycles. The van der Waals surface area contributed by atoms with Crippen molar-refractivity contribution in [2.75, 3.05) is 11.2 Å². The van der Waals surface area contributed by atoms with Gasteiger partial charge in [-0.3, -0.25) is 14.7 Å². The third-order valence-electron chi connectivity index (χ3n) is 4.94. The fraction of sp³-hybridized carbons (Fsp3) is 0.174. The Balaban J connectivity index is 1.68. The summed E-state index contributed by atoms with van der Waals surface area (Å²) in [6.07, 6.45) is 4.67.